The third-order valence-electron chi connectivity index (χ3n) is 8.15. The molecule has 3 atom stereocenters. The van der Waals surface area contributed by atoms with Gasteiger partial charge in [0, 0.05) is 18.6 Å². The summed E-state index contributed by atoms with van der Waals surface area (Å²) in [5, 5.41) is 6.37. The van der Waals surface area contributed by atoms with Crippen molar-refractivity contribution in [3.05, 3.63) is 69.8 Å². The maximum atomic E-state index is 13.4. The highest BCUT2D eigenvalue weighted by molar-refractivity contribution is 5.83. The Morgan fingerprint density at radius 1 is 1.03 bits per heavy atom. The van der Waals surface area contributed by atoms with Crippen molar-refractivity contribution in [1.82, 2.24) is 10.6 Å². The average Bonchev–Trinajstić information content (AvgIpc) is 3.43. The lowest BCUT2D eigenvalue weighted by Gasteiger charge is -2.33. The number of rotatable bonds is 6. The molecule has 4 rings (SSSR count). The summed E-state index contributed by atoms with van der Waals surface area (Å²) in [6, 6.07) is 8.00. The Kier molecular flexibility index (Phi) is 7.40. The molecule has 0 spiro atoms. The second kappa shape index (κ2) is 9.97. The van der Waals surface area contributed by atoms with E-state index in [4.69, 9.17) is 0 Å². The van der Waals surface area contributed by atoms with E-state index in [1.54, 1.807) is 0 Å². The van der Waals surface area contributed by atoms with Gasteiger partial charge < -0.3 is 10.6 Å². The molecule has 0 saturated heterocycles. The van der Waals surface area contributed by atoms with E-state index >= 15 is 0 Å². The molecule has 1 unspecified atom stereocenters. The van der Waals surface area contributed by atoms with Crippen LogP contribution in [-0.2, 0) is 30.1 Å². The molecule has 0 heterocycles. The summed E-state index contributed by atoms with van der Waals surface area (Å²) in [6.45, 7) is 5.56. The Labute approximate surface area is 213 Å². The number of fused-ring (bicyclic) bond motifs is 1. The Bertz CT molecular complexity index is 1120. The van der Waals surface area contributed by atoms with Crippen molar-refractivity contribution in [2.24, 2.45) is 11.3 Å². The predicted molar refractivity (Wildman–Crippen MR) is 129 cm³/mol. The van der Waals surface area contributed by atoms with Crippen LogP contribution >= 0.6 is 0 Å². The molecule has 1 fully saturated rings. The average molecular weight is 527 g/mol. The highest BCUT2D eigenvalue weighted by Crippen LogP contribution is 2.46. The fourth-order valence-corrected chi connectivity index (χ4v) is 5.99. The molecule has 0 aliphatic heterocycles. The van der Waals surface area contributed by atoms with Crippen molar-refractivity contribution < 1.29 is 31.1 Å². The van der Waals surface area contributed by atoms with Crippen molar-refractivity contribution in [3.8, 4) is 0 Å². The molecule has 2 aliphatic carbocycles. The Morgan fingerprint density at radius 2 is 1.68 bits per heavy atom. The molecule has 0 aromatic heterocycles. The fraction of sp³-hybridized carbons (Fsp3) is 0.536. The van der Waals surface area contributed by atoms with Gasteiger partial charge in [-0.2, -0.15) is 26.3 Å². The van der Waals surface area contributed by atoms with Gasteiger partial charge in [-0.25, -0.2) is 0 Å². The molecule has 37 heavy (non-hydrogen) atoms. The number of halogens is 6. The molecule has 1 amide bonds. The van der Waals surface area contributed by atoms with Crippen molar-refractivity contribution in [2.75, 3.05) is 0 Å². The fourth-order valence-electron chi connectivity index (χ4n) is 5.99. The van der Waals surface area contributed by atoms with E-state index in [0.29, 0.717) is 25.0 Å². The second-order valence-electron chi connectivity index (χ2n) is 10.7. The molecular formula is C28H32F6N2O. The third kappa shape index (κ3) is 5.66. The number of hydrogen-bond acceptors (Lipinski definition) is 2. The minimum Gasteiger partial charge on any atom is -0.352 e. The van der Waals surface area contributed by atoms with Gasteiger partial charge in [-0.05, 0) is 85.4 Å². The van der Waals surface area contributed by atoms with E-state index in [1.165, 1.54) is 16.7 Å². The number of carbonyl (C=O) groups is 1. The first-order valence-electron chi connectivity index (χ1n) is 12.6. The smallest absolute Gasteiger partial charge is 0.352 e. The molecule has 2 aromatic rings. The third-order valence-corrected chi connectivity index (χ3v) is 8.15. The molecular weight excluding hydrogens is 494 g/mol. The van der Waals surface area contributed by atoms with Gasteiger partial charge in [0.2, 0.25) is 5.91 Å². The van der Waals surface area contributed by atoms with E-state index in [1.807, 2.05) is 19.9 Å². The zero-order valence-electron chi connectivity index (χ0n) is 21.1. The summed E-state index contributed by atoms with van der Waals surface area (Å²) in [4.78, 5) is 13.4. The molecule has 9 heteroatoms. The summed E-state index contributed by atoms with van der Waals surface area (Å²) in [6.07, 6.45) is -5.96. The Morgan fingerprint density at radius 3 is 2.27 bits per heavy atom. The van der Waals surface area contributed by atoms with Gasteiger partial charge in [0.1, 0.15) is 0 Å². The van der Waals surface area contributed by atoms with Crippen LogP contribution in [0.3, 0.4) is 0 Å². The van der Waals surface area contributed by atoms with Crippen LogP contribution in [0.2, 0.25) is 0 Å². The highest BCUT2D eigenvalue weighted by Gasteiger charge is 2.48. The molecule has 2 aliphatic rings. The van der Waals surface area contributed by atoms with Gasteiger partial charge in [-0.15, -0.1) is 0 Å². The lowest BCUT2D eigenvalue weighted by atomic mass is 9.74. The minimum absolute atomic E-state index is 0.0512. The Hall–Kier alpha value is -2.55. The lowest BCUT2D eigenvalue weighted by molar-refractivity contribution is -0.143. The highest BCUT2D eigenvalue weighted by atomic mass is 19.4. The molecule has 2 N–H and O–H groups in total. The summed E-state index contributed by atoms with van der Waals surface area (Å²) in [5.41, 5.74) is 0.166. The maximum absolute atomic E-state index is 13.4. The summed E-state index contributed by atoms with van der Waals surface area (Å²) in [7, 11) is 0. The van der Waals surface area contributed by atoms with Crippen molar-refractivity contribution in [3.63, 3.8) is 0 Å². The number of carbonyl (C=O) groups excluding carboxylic acids is 1. The van der Waals surface area contributed by atoms with Crippen LogP contribution in [-0.4, -0.2) is 11.9 Å². The standard InChI is InChI=1S/C28H32F6N2O/c1-16(2)26(10-9-21(14-26)36-24-8-7-22-17(3)5-4-6-23(22)24)25(37)35-15-18-11-19(27(29,30)31)13-20(12-18)28(32,33)34/h4-6,11-13,16,21,24,36H,7-10,14-15H2,1-3H3,(H,35,37)/t21-,24?,26+/m1/s1. The van der Waals surface area contributed by atoms with Gasteiger partial charge in [0.05, 0.1) is 16.5 Å². The number of amides is 1. The number of aryl methyl sites for hydroxylation is 1. The lowest BCUT2D eigenvalue weighted by Crippen LogP contribution is -2.44. The molecule has 202 valence electrons. The van der Waals surface area contributed by atoms with E-state index < -0.39 is 35.4 Å². The summed E-state index contributed by atoms with van der Waals surface area (Å²) >= 11 is 0. The van der Waals surface area contributed by atoms with Crippen LogP contribution in [0.4, 0.5) is 26.3 Å². The van der Waals surface area contributed by atoms with E-state index in [2.05, 4.69) is 29.7 Å². The first-order valence-corrected chi connectivity index (χ1v) is 12.6. The first kappa shape index (κ1) is 27.5. The van der Waals surface area contributed by atoms with Crippen molar-refractivity contribution >= 4 is 5.91 Å². The maximum Gasteiger partial charge on any atom is 0.416 e. The van der Waals surface area contributed by atoms with Gasteiger partial charge in [-0.1, -0.05) is 32.0 Å². The van der Waals surface area contributed by atoms with Gasteiger partial charge in [0.15, 0.2) is 0 Å². The SMILES string of the molecule is Cc1cccc2c1CCC2N[C@@H]1CC[C@@](C(=O)NCc2cc(C(F)(F)F)cc(C(F)(F)F)c2)(C(C)C)C1. The number of nitrogens with one attached hydrogen (secondary N) is 2. The van der Waals surface area contributed by atoms with Crippen LogP contribution in [0, 0.1) is 18.3 Å². The van der Waals surface area contributed by atoms with Crippen LogP contribution in [0.25, 0.3) is 0 Å². The van der Waals surface area contributed by atoms with Gasteiger partial charge in [-0.3, -0.25) is 4.79 Å². The molecule has 1 saturated carbocycles. The molecule has 0 bridgehead atoms. The molecule has 2 aromatic carbocycles. The molecule has 0 radical (unpaired) electrons. The minimum atomic E-state index is -4.93. The summed E-state index contributed by atoms with van der Waals surface area (Å²) < 4.78 is 79.3. The Balaban J connectivity index is 1.47. The number of alkyl halides is 6. The van der Waals surface area contributed by atoms with E-state index in [0.717, 1.165) is 19.3 Å². The van der Waals surface area contributed by atoms with Crippen molar-refractivity contribution in [1.29, 1.82) is 0 Å². The van der Waals surface area contributed by atoms with E-state index in [9.17, 15) is 31.1 Å². The van der Waals surface area contributed by atoms with Crippen LogP contribution in [0.5, 0.6) is 0 Å². The predicted octanol–water partition coefficient (Wildman–Crippen LogP) is 7.12. The zero-order valence-corrected chi connectivity index (χ0v) is 21.1. The van der Waals surface area contributed by atoms with Crippen LogP contribution in [0.15, 0.2) is 36.4 Å². The van der Waals surface area contributed by atoms with Gasteiger partial charge >= 0.3 is 12.4 Å². The zero-order chi connectivity index (χ0) is 27.2. The van der Waals surface area contributed by atoms with Crippen LogP contribution < -0.4 is 10.6 Å². The quantitative estimate of drug-likeness (QED) is 0.394. The normalized spacial score (nSPS) is 23.9. The summed E-state index contributed by atoms with van der Waals surface area (Å²) in [5.74, 6) is -0.384. The molecule has 3 nitrogen and oxygen atoms in total. The largest absolute Gasteiger partial charge is 0.416 e. The van der Waals surface area contributed by atoms with Crippen molar-refractivity contribution in [2.45, 2.75) is 83.9 Å². The number of benzene rings is 2. The topological polar surface area (TPSA) is 41.1 Å². The van der Waals surface area contributed by atoms with E-state index in [-0.39, 0.29) is 35.5 Å². The first-order chi connectivity index (χ1) is 17.2. The van der Waals surface area contributed by atoms with Gasteiger partial charge in [0.25, 0.3) is 0 Å². The number of hydrogen-bond donors (Lipinski definition) is 2. The second-order valence-corrected chi connectivity index (χ2v) is 10.7. The van der Waals surface area contributed by atoms with Crippen LogP contribution in [0.1, 0.15) is 79.0 Å². The monoisotopic (exact) mass is 526 g/mol.